The van der Waals surface area contributed by atoms with Crippen molar-refractivity contribution in [2.24, 2.45) is 7.05 Å². The predicted molar refractivity (Wildman–Crippen MR) is 78.0 cm³/mol. The summed E-state index contributed by atoms with van der Waals surface area (Å²) < 4.78 is 4.85. The molecule has 0 atom stereocenters. The molecule has 10 heteroatoms. The first-order chi connectivity index (χ1) is 9.65. The number of halogens is 2. The van der Waals surface area contributed by atoms with E-state index in [9.17, 15) is 0 Å². The van der Waals surface area contributed by atoms with Crippen LogP contribution in [0.5, 0.6) is 0 Å². The van der Waals surface area contributed by atoms with E-state index in [1.807, 2.05) is 7.05 Å². The van der Waals surface area contributed by atoms with Crippen LogP contribution in [-0.2, 0) is 7.05 Å². The maximum Gasteiger partial charge on any atom is 0.203 e. The third-order valence-electron chi connectivity index (χ3n) is 2.95. The van der Waals surface area contributed by atoms with Crippen LogP contribution in [0.3, 0.4) is 0 Å². The van der Waals surface area contributed by atoms with Crippen molar-refractivity contribution in [3.05, 3.63) is 21.6 Å². The monoisotopic (exact) mass is 396 g/mol. The molecule has 100 valence electrons. The van der Waals surface area contributed by atoms with E-state index in [2.05, 4.69) is 62.2 Å². The average molecular weight is 398 g/mol. The lowest BCUT2D eigenvalue weighted by molar-refractivity contribution is 0.783. The first-order valence-corrected chi connectivity index (χ1v) is 7.16. The second kappa shape index (κ2) is 4.09. The van der Waals surface area contributed by atoms with Crippen LogP contribution in [0.25, 0.3) is 28.2 Å². The van der Waals surface area contributed by atoms with Crippen LogP contribution in [0, 0.1) is 0 Å². The maximum atomic E-state index is 4.52. The smallest absolute Gasteiger partial charge is 0.203 e. The Morgan fingerprint density at radius 3 is 2.85 bits per heavy atom. The van der Waals surface area contributed by atoms with E-state index in [0.29, 0.717) is 17.2 Å². The van der Waals surface area contributed by atoms with Crippen molar-refractivity contribution in [3.63, 3.8) is 0 Å². The first kappa shape index (κ1) is 12.0. The summed E-state index contributed by atoms with van der Waals surface area (Å²) in [5.41, 5.74) is 2.10. The van der Waals surface area contributed by atoms with Gasteiger partial charge in [0.15, 0.2) is 11.3 Å². The Kier molecular flexibility index (Phi) is 2.45. The van der Waals surface area contributed by atoms with E-state index in [-0.39, 0.29) is 0 Å². The number of fused-ring (bicyclic) bond motifs is 3. The molecular weight excluding hydrogens is 392 g/mol. The van der Waals surface area contributed by atoms with Crippen molar-refractivity contribution in [3.8, 4) is 11.5 Å². The Labute approximate surface area is 128 Å². The molecule has 0 radical (unpaired) electrons. The van der Waals surface area contributed by atoms with Gasteiger partial charge in [-0.05, 0) is 31.9 Å². The number of hydrogen-bond donors (Lipinski definition) is 1. The lowest BCUT2D eigenvalue weighted by Crippen LogP contribution is -1.94. The number of rotatable bonds is 1. The van der Waals surface area contributed by atoms with E-state index in [0.717, 1.165) is 20.1 Å². The van der Waals surface area contributed by atoms with Crippen LogP contribution in [0.4, 0.5) is 0 Å². The number of nitrogens with zero attached hydrogens (tertiary/aromatic N) is 7. The van der Waals surface area contributed by atoms with Crippen molar-refractivity contribution < 1.29 is 0 Å². The van der Waals surface area contributed by atoms with Gasteiger partial charge in [0.05, 0.1) is 16.1 Å². The molecule has 0 saturated heterocycles. The molecule has 4 heterocycles. The zero-order valence-electron chi connectivity index (χ0n) is 10.0. The predicted octanol–water partition coefficient (Wildman–Crippen LogP) is 1.93. The Morgan fingerprint density at radius 2 is 2.10 bits per heavy atom. The zero-order chi connectivity index (χ0) is 13.9. The molecule has 0 saturated carbocycles. The van der Waals surface area contributed by atoms with Crippen LogP contribution in [0.1, 0.15) is 0 Å². The normalized spacial score (nSPS) is 11.8. The molecule has 0 aliphatic rings. The molecule has 4 aromatic heterocycles. The molecular formula is C10H6Br2N8. The van der Waals surface area contributed by atoms with Crippen molar-refractivity contribution in [1.29, 1.82) is 0 Å². The summed E-state index contributed by atoms with van der Waals surface area (Å²) in [6.45, 7) is 0. The fourth-order valence-corrected chi connectivity index (χ4v) is 2.63. The van der Waals surface area contributed by atoms with E-state index in [4.69, 9.17) is 0 Å². The summed E-state index contributed by atoms with van der Waals surface area (Å²) in [5.74, 6) is 0.511. The summed E-state index contributed by atoms with van der Waals surface area (Å²) >= 11 is 6.78. The highest BCUT2D eigenvalue weighted by atomic mass is 79.9. The van der Waals surface area contributed by atoms with Crippen LogP contribution in [0.15, 0.2) is 21.6 Å². The zero-order valence-corrected chi connectivity index (χ0v) is 13.2. The Balaban J connectivity index is 2.03. The molecule has 0 amide bonds. The van der Waals surface area contributed by atoms with E-state index < -0.39 is 0 Å². The van der Waals surface area contributed by atoms with E-state index in [1.54, 1.807) is 21.7 Å². The summed E-state index contributed by atoms with van der Waals surface area (Å²) in [5, 5.41) is 16.4. The molecule has 4 aromatic rings. The molecule has 8 nitrogen and oxygen atoms in total. The van der Waals surface area contributed by atoms with Gasteiger partial charge in [-0.1, -0.05) is 0 Å². The number of aryl methyl sites for hydroxylation is 1. The molecule has 0 spiro atoms. The van der Waals surface area contributed by atoms with Crippen LogP contribution < -0.4 is 0 Å². The quantitative estimate of drug-likeness (QED) is 0.530. The van der Waals surface area contributed by atoms with Crippen LogP contribution in [-0.4, -0.2) is 39.6 Å². The van der Waals surface area contributed by atoms with Gasteiger partial charge in [-0.3, -0.25) is 9.78 Å². The Morgan fingerprint density at radius 1 is 1.25 bits per heavy atom. The summed E-state index contributed by atoms with van der Waals surface area (Å²) in [4.78, 5) is 8.84. The molecule has 1 N–H and O–H groups in total. The molecule has 0 unspecified atom stereocenters. The van der Waals surface area contributed by atoms with Crippen molar-refractivity contribution >= 4 is 48.5 Å². The first-order valence-electron chi connectivity index (χ1n) is 5.58. The molecule has 0 aliphatic carbocycles. The fourth-order valence-electron chi connectivity index (χ4n) is 1.99. The van der Waals surface area contributed by atoms with Crippen molar-refractivity contribution in [2.45, 2.75) is 0 Å². The standard InChI is InChI=1S/C10H6Br2N8/c1-19-9-4(2-14-19)10-15-8(18-20(10)3-13-9)6-5(11)7(12)17-16-6/h2-3H,1H3,(H,16,17). The summed E-state index contributed by atoms with van der Waals surface area (Å²) in [6, 6.07) is 0. The van der Waals surface area contributed by atoms with Gasteiger partial charge in [-0.25, -0.2) is 14.5 Å². The minimum absolute atomic E-state index is 0.511. The van der Waals surface area contributed by atoms with Gasteiger partial charge in [0.1, 0.15) is 16.6 Å². The second-order valence-electron chi connectivity index (χ2n) is 4.15. The number of hydrogen-bond acceptors (Lipinski definition) is 5. The lowest BCUT2D eigenvalue weighted by Gasteiger charge is -1.93. The number of nitrogens with one attached hydrogen (secondary N) is 1. The summed E-state index contributed by atoms with van der Waals surface area (Å²) in [6.07, 6.45) is 3.34. The maximum absolute atomic E-state index is 4.52. The van der Waals surface area contributed by atoms with Crippen molar-refractivity contribution in [1.82, 2.24) is 39.6 Å². The van der Waals surface area contributed by atoms with Gasteiger partial charge in [0.2, 0.25) is 5.82 Å². The molecule has 0 aromatic carbocycles. The number of aromatic amines is 1. The third kappa shape index (κ3) is 1.54. The molecule has 0 fully saturated rings. The van der Waals surface area contributed by atoms with Crippen LogP contribution >= 0.6 is 31.9 Å². The fraction of sp³-hybridized carbons (Fsp3) is 0.100. The van der Waals surface area contributed by atoms with Gasteiger partial charge in [0, 0.05) is 7.05 Å². The average Bonchev–Trinajstić information content (AvgIpc) is 3.09. The van der Waals surface area contributed by atoms with E-state index >= 15 is 0 Å². The van der Waals surface area contributed by atoms with Crippen LogP contribution in [0.2, 0.25) is 0 Å². The minimum Gasteiger partial charge on any atom is -0.269 e. The SMILES string of the molecule is Cn1ncc2c1ncn1nc(-c3n[nH]c(Br)c3Br)nc21. The topological polar surface area (TPSA) is 89.6 Å². The molecule has 4 rings (SSSR count). The molecule has 0 bridgehead atoms. The number of aromatic nitrogens is 8. The third-order valence-corrected chi connectivity index (χ3v) is 4.83. The highest BCUT2D eigenvalue weighted by Gasteiger charge is 2.17. The summed E-state index contributed by atoms with van der Waals surface area (Å²) in [7, 11) is 1.84. The largest absolute Gasteiger partial charge is 0.269 e. The van der Waals surface area contributed by atoms with Gasteiger partial charge < -0.3 is 0 Å². The van der Waals surface area contributed by atoms with Crippen molar-refractivity contribution in [2.75, 3.05) is 0 Å². The lowest BCUT2D eigenvalue weighted by atomic mass is 10.4. The Bertz CT molecular complexity index is 949. The van der Waals surface area contributed by atoms with Gasteiger partial charge in [-0.2, -0.15) is 10.2 Å². The van der Waals surface area contributed by atoms with Gasteiger partial charge in [-0.15, -0.1) is 5.10 Å². The molecule has 0 aliphatic heterocycles. The highest BCUT2D eigenvalue weighted by molar-refractivity contribution is 9.13. The molecule has 20 heavy (non-hydrogen) atoms. The Hall–Kier alpha value is -1.81. The highest BCUT2D eigenvalue weighted by Crippen LogP contribution is 2.30. The van der Waals surface area contributed by atoms with E-state index in [1.165, 1.54) is 0 Å². The second-order valence-corrected chi connectivity index (χ2v) is 5.74. The van der Waals surface area contributed by atoms with Gasteiger partial charge >= 0.3 is 0 Å². The number of H-pyrrole nitrogens is 1. The van der Waals surface area contributed by atoms with Gasteiger partial charge in [0.25, 0.3) is 0 Å². The minimum atomic E-state index is 0.511.